The average Bonchev–Trinajstić information content (AvgIpc) is 2.39. The lowest BCUT2D eigenvalue weighted by Crippen LogP contribution is -2.14. The molecule has 1 heterocycles. The van der Waals surface area contributed by atoms with E-state index in [1.54, 1.807) is 0 Å². The molecule has 0 bridgehead atoms. The molecule has 1 aromatic heterocycles. The number of nitrogens with zero attached hydrogens (tertiary/aromatic N) is 2. The second kappa shape index (κ2) is 5.21. The predicted molar refractivity (Wildman–Crippen MR) is 65.2 cm³/mol. The first-order valence-electron chi connectivity index (χ1n) is 5.24. The van der Waals surface area contributed by atoms with Crippen molar-refractivity contribution in [3.63, 3.8) is 0 Å². The maximum atomic E-state index is 12.9. The second-order valence-electron chi connectivity index (χ2n) is 3.61. The van der Waals surface area contributed by atoms with Crippen molar-refractivity contribution in [3.8, 4) is 0 Å². The molecule has 19 heavy (non-hydrogen) atoms. The number of halogens is 1. The van der Waals surface area contributed by atoms with Crippen molar-refractivity contribution < 1.29 is 14.1 Å². The van der Waals surface area contributed by atoms with E-state index in [9.17, 15) is 19.3 Å². The van der Waals surface area contributed by atoms with Crippen molar-refractivity contribution in [1.29, 1.82) is 0 Å². The zero-order chi connectivity index (χ0) is 13.8. The van der Waals surface area contributed by atoms with E-state index >= 15 is 0 Å². The summed E-state index contributed by atoms with van der Waals surface area (Å²) in [5.41, 5.74) is -0.0123. The number of nitrogens with one attached hydrogen (secondary N) is 1. The number of nitro benzene ring substituents is 1. The Kier molecular flexibility index (Phi) is 3.46. The number of aromatic nitrogens is 1. The van der Waals surface area contributed by atoms with Gasteiger partial charge in [-0.15, -0.1) is 0 Å². The third-order valence-electron chi connectivity index (χ3n) is 2.26. The fraction of sp³-hybridized carbons (Fsp3) is 0. The number of rotatable bonds is 3. The van der Waals surface area contributed by atoms with Crippen LogP contribution in [0.5, 0.6) is 0 Å². The van der Waals surface area contributed by atoms with E-state index in [2.05, 4.69) is 10.3 Å². The Hall–Kier alpha value is -2.83. The maximum Gasteiger partial charge on any atom is 0.274 e. The third kappa shape index (κ3) is 3.09. The van der Waals surface area contributed by atoms with Gasteiger partial charge in [-0.2, -0.15) is 4.39 Å². The van der Waals surface area contributed by atoms with Crippen LogP contribution in [0.15, 0.2) is 42.5 Å². The normalized spacial score (nSPS) is 9.95. The van der Waals surface area contributed by atoms with Gasteiger partial charge in [0.1, 0.15) is 5.69 Å². The smallest absolute Gasteiger partial charge is 0.274 e. The summed E-state index contributed by atoms with van der Waals surface area (Å²) in [5, 5.41) is 13.0. The number of non-ortho nitro benzene ring substituents is 1. The van der Waals surface area contributed by atoms with Gasteiger partial charge in [0.2, 0.25) is 5.95 Å². The lowest BCUT2D eigenvalue weighted by Gasteiger charge is -2.04. The second-order valence-corrected chi connectivity index (χ2v) is 3.61. The van der Waals surface area contributed by atoms with Crippen molar-refractivity contribution in [2.75, 3.05) is 5.32 Å². The molecule has 0 radical (unpaired) electrons. The molecule has 1 aromatic carbocycles. The largest absolute Gasteiger partial charge is 0.320 e. The monoisotopic (exact) mass is 261 g/mol. The van der Waals surface area contributed by atoms with E-state index < -0.39 is 16.8 Å². The van der Waals surface area contributed by atoms with E-state index in [-0.39, 0.29) is 17.1 Å². The minimum atomic E-state index is -0.772. The van der Waals surface area contributed by atoms with Gasteiger partial charge >= 0.3 is 0 Å². The van der Waals surface area contributed by atoms with Gasteiger partial charge in [0.25, 0.3) is 11.6 Å². The summed E-state index contributed by atoms with van der Waals surface area (Å²) in [6, 6.07) is 9.24. The van der Waals surface area contributed by atoms with Gasteiger partial charge in [0, 0.05) is 17.8 Å². The number of carbonyl (C=O) groups is 1. The van der Waals surface area contributed by atoms with Crippen molar-refractivity contribution >= 4 is 17.3 Å². The van der Waals surface area contributed by atoms with Crippen LogP contribution in [0.1, 0.15) is 10.5 Å². The SMILES string of the molecule is O=C(Nc1cccc([N+](=O)[O-])c1)c1cccc(F)n1. The first kappa shape index (κ1) is 12.6. The van der Waals surface area contributed by atoms with Crippen LogP contribution in [0.4, 0.5) is 15.8 Å². The highest BCUT2D eigenvalue weighted by molar-refractivity contribution is 6.02. The van der Waals surface area contributed by atoms with Crippen LogP contribution in [0.2, 0.25) is 0 Å². The molecular formula is C12H8FN3O3. The minimum Gasteiger partial charge on any atom is -0.320 e. The van der Waals surface area contributed by atoms with Crippen LogP contribution < -0.4 is 5.32 Å². The number of benzene rings is 1. The van der Waals surface area contributed by atoms with Crippen molar-refractivity contribution in [3.05, 3.63) is 64.2 Å². The average molecular weight is 261 g/mol. The topological polar surface area (TPSA) is 85.1 Å². The molecule has 7 heteroatoms. The van der Waals surface area contributed by atoms with Gasteiger partial charge in [-0.1, -0.05) is 12.1 Å². The van der Waals surface area contributed by atoms with Gasteiger partial charge in [0.05, 0.1) is 4.92 Å². The Morgan fingerprint density at radius 2 is 2.00 bits per heavy atom. The predicted octanol–water partition coefficient (Wildman–Crippen LogP) is 2.38. The summed E-state index contributed by atoms with van der Waals surface area (Å²) < 4.78 is 12.9. The van der Waals surface area contributed by atoms with Crippen LogP contribution in [-0.2, 0) is 0 Å². The van der Waals surface area contributed by atoms with Crippen molar-refractivity contribution in [2.24, 2.45) is 0 Å². The summed E-state index contributed by atoms with van der Waals surface area (Å²) in [6.45, 7) is 0. The van der Waals surface area contributed by atoms with Gasteiger partial charge in [-0.3, -0.25) is 14.9 Å². The van der Waals surface area contributed by atoms with Crippen LogP contribution in [-0.4, -0.2) is 15.8 Å². The van der Waals surface area contributed by atoms with Gasteiger partial charge in [0.15, 0.2) is 0 Å². The van der Waals surface area contributed by atoms with Gasteiger partial charge < -0.3 is 5.32 Å². The molecule has 96 valence electrons. The third-order valence-corrected chi connectivity index (χ3v) is 2.26. The van der Waals surface area contributed by atoms with E-state index in [0.29, 0.717) is 0 Å². The summed E-state index contributed by atoms with van der Waals surface area (Å²) >= 11 is 0. The Morgan fingerprint density at radius 1 is 1.26 bits per heavy atom. The number of anilines is 1. The molecular weight excluding hydrogens is 253 g/mol. The quantitative estimate of drug-likeness (QED) is 0.522. The summed E-state index contributed by atoms with van der Waals surface area (Å²) in [4.78, 5) is 25.2. The number of carbonyl (C=O) groups excluding carboxylic acids is 1. The molecule has 0 aliphatic rings. The molecule has 0 saturated carbocycles. The van der Waals surface area contributed by atoms with E-state index in [0.717, 1.165) is 6.07 Å². The summed E-state index contributed by atoms with van der Waals surface area (Å²) in [5.74, 6) is -1.41. The molecule has 1 amide bonds. The Bertz CT molecular complexity index is 646. The Labute approximate surface area is 107 Å². The molecule has 6 nitrogen and oxygen atoms in total. The van der Waals surface area contributed by atoms with Crippen LogP contribution in [0.3, 0.4) is 0 Å². The molecule has 0 spiro atoms. The lowest BCUT2D eigenvalue weighted by atomic mass is 10.2. The minimum absolute atomic E-state index is 0.105. The Balaban J connectivity index is 2.19. The van der Waals surface area contributed by atoms with Gasteiger partial charge in [-0.25, -0.2) is 4.98 Å². The first-order chi connectivity index (χ1) is 9.06. The van der Waals surface area contributed by atoms with Crippen LogP contribution in [0.25, 0.3) is 0 Å². The van der Waals surface area contributed by atoms with E-state index in [1.165, 1.54) is 36.4 Å². The molecule has 1 N–H and O–H groups in total. The van der Waals surface area contributed by atoms with Crippen LogP contribution >= 0.6 is 0 Å². The molecule has 0 unspecified atom stereocenters. The standard InChI is InChI=1S/C12H8FN3O3/c13-11-6-2-5-10(15-11)12(17)14-8-3-1-4-9(7-8)16(18)19/h1-7H,(H,14,17). The number of pyridine rings is 1. The molecule has 0 fully saturated rings. The summed E-state index contributed by atoms with van der Waals surface area (Å²) in [7, 11) is 0. The van der Waals surface area contributed by atoms with Crippen LogP contribution in [0, 0.1) is 16.1 Å². The van der Waals surface area contributed by atoms with Crippen molar-refractivity contribution in [2.45, 2.75) is 0 Å². The van der Waals surface area contributed by atoms with E-state index in [1.807, 2.05) is 0 Å². The Morgan fingerprint density at radius 3 is 2.68 bits per heavy atom. The highest BCUT2D eigenvalue weighted by atomic mass is 19.1. The molecule has 0 saturated heterocycles. The molecule has 0 aliphatic carbocycles. The zero-order valence-electron chi connectivity index (χ0n) is 9.54. The fourth-order valence-corrected chi connectivity index (χ4v) is 1.43. The first-order valence-corrected chi connectivity index (χ1v) is 5.24. The number of nitro groups is 1. The lowest BCUT2D eigenvalue weighted by molar-refractivity contribution is -0.384. The highest BCUT2D eigenvalue weighted by Crippen LogP contribution is 2.17. The van der Waals surface area contributed by atoms with Crippen molar-refractivity contribution in [1.82, 2.24) is 4.98 Å². The zero-order valence-corrected chi connectivity index (χ0v) is 9.54. The number of hydrogen-bond donors (Lipinski definition) is 1. The molecule has 2 rings (SSSR count). The van der Waals surface area contributed by atoms with E-state index in [4.69, 9.17) is 0 Å². The molecule has 0 aliphatic heterocycles. The highest BCUT2D eigenvalue weighted by Gasteiger charge is 2.11. The fourth-order valence-electron chi connectivity index (χ4n) is 1.43. The summed E-state index contributed by atoms with van der Waals surface area (Å²) in [6.07, 6.45) is 0. The maximum absolute atomic E-state index is 12.9. The molecule has 2 aromatic rings. The number of hydrogen-bond acceptors (Lipinski definition) is 4. The van der Waals surface area contributed by atoms with Gasteiger partial charge in [-0.05, 0) is 18.2 Å². The number of amides is 1. The molecule has 0 atom stereocenters.